The van der Waals surface area contributed by atoms with Gasteiger partial charge in [-0.25, -0.2) is 0 Å². The van der Waals surface area contributed by atoms with E-state index in [0.29, 0.717) is 46.9 Å². The number of aromatic nitrogens is 1. The normalized spacial score (nSPS) is 23.4. The van der Waals surface area contributed by atoms with Crippen LogP contribution in [0.5, 0.6) is 5.75 Å². The molecule has 5 rings (SSSR count). The number of nitrogens with zero attached hydrogens (tertiary/aromatic N) is 2. The Morgan fingerprint density at radius 3 is 2.62 bits per heavy atom. The largest absolute Gasteiger partial charge is 0.490 e. The number of carbonyl (C=O) groups excluding carboxylic acids is 1. The van der Waals surface area contributed by atoms with Crippen LogP contribution in [0.25, 0.3) is 0 Å². The Kier molecular flexibility index (Phi) is 12.3. The first-order chi connectivity index (χ1) is 22.7. The molecule has 2 aliphatic rings. The minimum absolute atomic E-state index is 0.00128. The number of hydrogen-bond acceptors (Lipinski definition) is 6. The van der Waals surface area contributed by atoms with E-state index in [9.17, 15) is 10.1 Å². The van der Waals surface area contributed by atoms with E-state index in [0.717, 1.165) is 42.5 Å². The Hall–Kier alpha value is -3.09. The number of pyridine rings is 1. The van der Waals surface area contributed by atoms with Crippen molar-refractivity contribution in [2.75, 3.05) is 6.61 Å². The average molecular weight is 676 g/mol. The van der Waals surface area contributed by atoms with Gasteiger partial charge in [-0.3, -0.25) is 9.78 Å². The summed E-state index contributed by atoms with van der Waals surface area (Å²) < 4.78 is 19.4. The molecular formula is C37H44BCl2N3O4. The van der Waals surface area contributed by atoms with E-state index in [-0.39, 0.29) is 42.5 Å². The standard InChI is InChI=1S/C37H44BCl2N3O4/c1-4-25-21-29(5-2)37(3)32(22-25)46-38(47-37)33(23-26-11-7-6-8-12-26)43-34(44)18-20-45-36-30(39)17-16-27(35(36)40)14-15-28(24-41)31-13-9-10-19-42-31/h6-13,16-17,19,25,28-29,32-33H,4-5,14-15,18,20-23H2,1-3H3,(H,43,44)/t25-,28?,29+,32+,33-,37-/m0/s1. The van der Waals surface area contributed by atoms with Crippen molar-refractivity contribution >= 4 is 36.2 Å². The van der Waals surface area contributed by atoms with E-state index in [2.05, 4.69) is 49.3 Å². The van der Waals surface area contributed by atoms with Crippen molar-refractivity contribution in [3.05, 3.63) is 93.7 Å². The van der Waals surface area contributed by atoms with Crippen molar-refractivity contribution in [1.29, 1.82) is 5.26 Å². The van der Waals surface area contributed by atoms with Gasteiger partial charge in [-0.05, 0) is 80.2 Å². The van der Waals surface area contributed by atoms with Gasteiger partial charge in [0.1, 0.15) is 0 Å². The molecule has 1 aliphatic heterocycles. The number of ether oxygens (including phenoxy) is 1. The highest BCUT2D eigenvalue weighted by molar-refractivity contribution is 6.48. The number of amides is 1. The van der Waals surface area contributed by atoms with Crippen molar-refractivity contribution in [2.24, 2.45) is 11.8 Å². The number of rotatable bonds is 14. The van der Waals surface area contributed by atoms with Gasteiger partial charge in [-0.1, -0.05) is 92.4 Å². The van der Waals surface area contributed by atoms with Crippen LogP contribution in [-0.2, 0) is 26.9 Å². The summed E-state index contributed by atoms with van der Waals surface area (Å²) in [5.74, 6) is 0.454. The summed E-state index contributed by atoms with van der Waals surface area (Å²) in [6, 6.07) is 21.6. The molecule has 1 unspecified atom stereocenters. The van der Waals surface area contributed by atoms with Crippen LogP contribution in [0.4, 0.5) is 0 Å². The highest BCUT2D eigenvalue weighted by atomic mass is 35.5. The number of carbonyl (C=O) groups is 1. The van der Waals surface area contributed by atoms with Crippen molar-refractivity contribution in [3.63, 3.8) is 0 Å². The van der Waals surface area contributed by atoms with Crippen LogP contribution in [0, 0.1) is 23.2 Å². The molecule has 1 amide bonds. The van der Waals surface area contributed by atoms with E-state index < -0.39 is 7.12 Å². The number of benzene rings is 2. The van der Waals surface area contributed by atoms with Crippen LogP contribution >= 0.6 is 23.2 Å². The minimum Gasteiger partial charge on any atom is -0.490 e. The SMILES string of the molecule is CC[C@H]1C[C@@H](CC)[C@]2(C)OB([C@H](Cc3ccccc3)NC(=O)CCOc3c(Cl)ccc(CCC(C#N)c4ccccn4)c3Cl)O[C@@H]2C1. The van der Waals surface area contributed by atoms with Gasteiger partial charge in [0.2, 0.25) is 5.91 Å². The molecule has 1 aliphatic carbocycles. The second kappa shape index (κ2) is 16.3. The molecule has 0 radical (unpaired) electrons. The molecule has 1 saturated carbocycles. The van der Waals surface area contributed by atoms with Gasteiger partial charge in [-0.2, -0.15) is 5.26 Å². The molecule has 7 nitrogen and oxygen atoms in total. The molecule has 1 aromatic heterocycles. The Bertz CT molecular complexity index is 1530. The third kappa shape index (κ3) is 8.50. The highest BCUT2D eigenvalue weighted by Gasteiger charge is 2.57. The summed E-state index contributed by atoms with van der Waals surface area (Å²) in [6.45, 7) is 6.75. The third-order valence-electron chi connectivity index (χ3n) is 9.93. The van der Waals surface area contributed by atoms with Gasteiger partial charge >= 0.3 is 7.12 Å². The first-order valence-electron chi connectivity index (χ1n) is 16.8. The first-order valence-corrected chi connectivity index (χ1v) is 17.6. The monoisotopic (exact) mass is 675 g/mol. The molecule has 1 N–H and O–H groups in total. The quantitative estimate of drug-likeness (QED) is 0.173. The predicted octanol–water partition coefficient (Wildman–Crippen LogP) is 8.17. The van der Waals surface area contributed by atoms with Gasteiger partial charge in [0.05, 0.1) is 58.4 Å². The summed E-state index contributed by atoms with van der Waals surface area (Å²) >= 11 is 13.2. The molecule has 2 fully saturated rings. The molecule has 2 aromatic carbocycles. The third-order valence-corrected chi connectivity index (χ3v) is 10.6. The van der Waals surface area contributed by atoms with Gasteiger partial charge in [0, 0.05) is 6.20 Å². The molecule has 10 heteroatoms. The van der Waals surface area contributed by atoms with E-state index in [1.54, 1.807) is 12.3 Å². The number of halogens is 2. The fraction of sp³-hybridized carbons (Fsp3) is 0.486. The first kappa shape index (κ1) is 35.2. The summed E-state index contributed by atoms with van der Waals surface area (Å²) in [7, 11) is -0.552. The summed E-state index contributed by atoms with van der Waals surface area (Å²) in [5.41, 5.74) is 2.26. The predicted molar refractivity (Wildman–Crippen MR) is 186 cm³/mol. The molecule has 0 bridgehead atoms. The smallest absolute Gasteiger partial charge is 0.482 e. The fourth-order valence-electron chi connectivity index (χ4n) is 7.08. The second-order valence-corrected chi connectivity index (χ2v) is 13.7. The van der Waals surface area contributed by atoms with Crippen LogP contribution in [0.3, 0.4) is 0 Å². The van der Waals surface area contributed by atoms with Crippen molar-refractivity contribution in [1.82, 2.24) is 10.3 Å². The van der Waals surface area contributed by atoms with E-state index >= 15 is 0 Å². The minimum atomic E-state index is -0.552. The zero-order valence-electron chi connectivity index (χ0n) is 27.5. The van der Waals surface area contributed by atoms with Crippen LogP contribution in [0.2, 0.25) is 10.0 Å². The lowest BCUT2D eigenvalue weighted by Gasteiger charge is -2.45. The van der Waals surface area contributed by atoms with E-state index in [1.807, 2.05) is 42.5 Å². The molecular weight excluding hydrogens is 632 g/mol. The molecule has 3 aromatic rings. The van der Waals surface area contributed by atoms with Crippen LogP contribution in [-0.4, -0.2) is 42.3 Å². The number of nitrogens with one attached hydrogen (secondary N) is 1. The molecule has 248 valence electrons. The van der Waals surface area contributed by atoms with Crippen molar-refractivity contribution in [3.8, 4) is 11.8 Å². The number of nitriles is 1. The molecule has 6 atom stereocenters. The van der Waals surface area contributed by atoms with Crippen molar-refractivity contribution in [2.45, 2.75) is 95.7 Å². The molecule has 0 spiro atoms. The van der Waals surface area contributed by atoms with Gasteiger partial charge in [0.25, 0.3) is 0 Å². The number of fused-ring (bicyclic) bond motifs is 1. The molecule has 47 heavy (non-hydrogen) atoms. The molecule has 2 heterocycles. The highest BCUT2D eigenvalue weighted by Crippen LogP contribution is 2.48. The summed E-state index contributed by atoms with van der Waals surface area (Å²) in [5, 5.41) is 13.6. The summed E-state index contributed by atoms with van der Waals surface area (Å²) in [6.07, 6.45) is 7.72. The lowest BCUT2D eigenvalue weighted by molar-refractivity contribution is -0.122. The van der Waals surface area contributed by atoms with Crippen LogP contribution < -0.4 is 10.1 Å². The van der Waals surface area contributed by atoms with E-state index in [1.165, 1.54) is 0 Å². The van der Waals surface area contributed by atoms with Gasteiger partial charge in [0.15, 0.2) is 5.75 Å². The summed E-state index contributed by atoms with van der Waals surface area (Å²) in [4.78, 5) is 17.7. The van der Waals surface area contributed by atoms with E-state index in [4.69, 9.17) is 37.2 Å². The number of hydrogen-bond donors (Lipinski definition) is 1. The maximum atomic E-state index is 13.4. The Morgan fingerprint density at radius 2 is 1.91 bits per heavy atom. The second-order valence-electron chi connectivity index (χ2n) is 12.9. The van der Waals surface area contributed by atoms with Gasteiger partial charge in [-0.15, -0.1) is 0 Å². The Morgan fingerprint density at radius 1 is 1.13 bits per heavy atom. The van der Waals surface area contributed by atoms with Gasteiger partial charge < -0.3 is 19.4 Å². The fourth-order valence-corrected chi connectivity index (χ4v) is 7.66. The lowest BCUT2D eigenvalue weighted by Crippen LogP contribution is -2.51. The lowest BCUT2D eigenvalue weighted by atomic mass is 9.68. The maximum absolute atomic E-state index is 13.4. The zero-order chi connectivity index (χ0) is 33.4. The van der Waals surface area contributed by atoms with Crippen molar-refractivity contribution < 1.29 is 18.8 Å². The van der Waals surface area contributed by atoms with Crippen LogP contribution in [0.15, 0.2) is 66.9 Å². The molecule has 1 saturated heterocycles. The average Bonchev–Trinajstić information content (AvgIpc) is 3.44. The maximum Gasteiger partial charge on any atom is 0.482 e. The number of aryl methyl sites for hydroxylation is 1. The van der Waals surface area contributed by atoms with Crippen LogP contribution in [0.1, 0.15) is 82.0 Å². The Labute approximate surface area is 289 Å². The topological polar surface area (TPSA) is 93.5 Å². The zero-order valence-corrected chi connectivity index (χ0v) is 29.0. The Balaban J connectivity index is 1.22.